The number of rotatable bonds is 9. The molecule has 0 saturated heterocycles. The van der Waals surface area contributed by atoms with E-state index in [0.717, 1.165) is 23.1 Å². The van der Waals surface area contributed by atoms with E-state index < -0.39 is 0 Å². The maximum absolute atomic E-state index is 12.8. The van der Waals surface area contributed by atoms with Crippen molar-refractivity contribution in [3.8, 4) is 5.82 Å². The Kier molecular flexibility index (Phi) is 6.42. The molecule has 0 saturated carbocycles. The summed E-state index contributed by atoms with van der Waals surface area (Å²) in [6.45, 7) is 2.94. The third kappa shape index (κ3) is 4.31. The van der Waals surface area contributed by atoms with Crippen molar-refractivity contribution in [3.63, 3.8) is 0 Å². The van der Waals surface area contributed by atoms with Crippen LogP contribution in [0, 0.1) is 0 Å². The maximum atomic E-state index is 12.8. The van der Waals surface area contributed by atoms with E-state index in [0.29, 0.717) is 12.2 Å². The van der Waals surface area contributed by atoms with Crippen LogP contribution < -0.4 is 5.32 Å². The molecule has 3 rings (SSSR count). The zero-order valence-electron chi connectivity index (χ0n) is 15.4. The number of unbranched alkanes of at least 4 members (excludes halogenated alkanes) is 5. The SMILES string of the molecule is CCCCCCCCNC(=O)c1cc2ccccc2n1-c1ccccn1. The Morgan fingerprint density at radius 3 is 2.58 bits per heavy atom. The van der Waals surface area contributed by atoms with Gasteiger partial charge in [-0.15, -0.1) is 0 Å². The summed E-state index contributed by atoms with van der Waals surface area (Å²) in [4.78, 5) is 17.2. The highest BCUT2D eigenvalue weighted by Gasteiger charge is 2.16. The Morgan fingerprint density at radius 1 is 1.00 bits per heavy atom. The average molecular weight is 349 g/mol. The molecule has 2 aromatic heterocycles. The number of benzene rings is 1. The average Bonchev–Trinajstić information content (AvgIpc) is 3.07. The standard InChI is InChI=1S/C22H27N3O/c1-2-3-4-5-6-10-16-24-22(26)20-17-18-12-7-8-13-19(18)25(20)21-14-9-11-15-23-21/h7-9,11-15,17H,2-6,10,16H2,1H3,(H,24,26). The van der Waals surface area contributed by atoms with Gasteiger partial charge in [-0.05, 0) is 30.7 Å². The van der Waals surface area contributed by atoms with Crippen LogP contribution in [0.15, 0.2) is 54.7 Å². The third-order valence-electron chi connectivity index (χ3n) is 4.64. The lowest BCUT2D eigenvalue weighted by atomic mass is 10.1. The molecule has 136 valence electrons. The van der Waals surface area contributed by atoms with Crippen molar-refractivity contribution in [2.45, 2.75) is 45.4 Å². The van der Waals surface area contributed by atoms with Gasteiger partial charge in [-0.2, -0.15) is 0 Å². The summed E-state index contributed by atoms with van der Waals surface area (Å²) in [5.41, 5.74) is 1.63. The van der Waals surface area contributed by atoms with Crippen LogP contribution in [0.25, 0.3) is 16.7 Å². The topological polar surface area (TPSA) is 46.9 Å². The van der Waals surface area contributed by atoms with Gasteiger partial charge in [0.25, 0.3) is 5.91 Å². The van der Waals surface area contributed by atoms with Crippen LogP contribution >= 0.6 is 0 Å². The number of nitrogens with one attached hydrogen (secondary N) is 1. The van der Waals surface area contributed by atoms with Gasteiger partial charge in [-0.25, -0.2) is 4.98 Å². The molecular weight excluding hydrogens is 322 g/mol. The second kappa shape index (κ2) is 9.18. The predicted molar refractivity (Wildman–Crippen MR) is 107 cm³/mol. The molecule has 1 amide bonds. The van der Waals surface area contributed by atoms with E-state index in [4.69, 9.17) is 0 Å². The number of carbonyl (C=O) groups is 1. The van der Waals surface area contributed by atoms with E-state index in [1.807, 2.05) is 53.1 Å². The molecule has 0 atom stereocenters. The molecule has 0 aliphatic rings. The van der Waals surface area contributed by atoms with E-state index in [1.54, 1.807) is 6.20 Å². The molecule has 0 fully saturated rings. The molecule has 4 heteroatoms. The lowest BCUT2D eigenvalue weighted by molar-refractivity contribution is 0.0946. The highest BCUT2D eigenvalue weighted by atomic mass is 16.1. The Bertz CT molecular complexity index is 839. The Balaban J connectivity index is 1.72. The summed E-state index contributed by atoms with van der Waals surface area (Å²) in [7, 11) is 0. The smallest absolute Gasteiger partial charge is 0.268 e. The first kappa shape index (κ1) is 18.2. The fraction of sp³-hybridized carbons (Fsp3) is 0.364. The van der Waals surface area contributed by atoms with Gasteiger partial charge >= 0.3 is 0 Å². The molecule has 0 unspecified atom stereocenters. The lowest BCUT2D eigenvalue weighted by Gasteiger charge is -2.10. The number of pyridine rings is 1. The molecule has 0 bridgehead atoms. The molecular formula is C22H27N3O. The number of fused-ring (bicyclic) bond motifs is 1. The van der Waals surface area contributed by atoms with E-state index in [-0.39, 0.29) is 5.91 Å². The summed E-state index contributed by atoms with van der Waals surface area (Å²) in [5.74, 6) is 0.721. The maximum Gasteiger partial charge on any atom is 0.268 e. The fourth-order valence-electron chi connectivity index (χ4n) is 3.25. The van der Waals surface area contributed by atoms with Gasteiger partial charge in [0.15, 0.2) is 0 Å². The summed E-state index contributed by atoms with van der Waals surface area (Å²) in [6, 6.07) is 15.7. The molecule has 0 spiro atoms. The summed E-state index contributed by atoms with van der Waals surface area (Å²) in [5, 5.41) is 4.12. The minimum Gasteiger partial charge on any atom is -0.351 e. The molecule has 1 N–H and O–H groups in total. The van der Waals surface area contributed by atoms with E-state index in [1.165, 1.54) is 32.1 Å². The van der Waals surface area contributed by atoms with Crippen molar-refractivity contribution in [2.75, 3.05) is 6.54 Å². The van der Waals surface area contributed by atoms with Crippen molar-refractivity contribution in [1.82, 2.24) is 14.9 Å². The minimum absolute atomic E-state index is 0.0413. The van der Waals surface area contributed by atoms with Gasteiger partial charge in [-0.1, -0.05) is 63.3 Å². The molecule has 0 radical (unpaired) electrons. The van der Waals surface area contributed by atoms with Crippen molar-refractivity contribution >= 4 is 16.8 Å². The number of amides is 1. The van der Waals surface area contributed by atoms with Crippen LogP contribution in [0.3, 0.4) is 0 Å². The van der Waals surface area contributed by atoms with E-state index >= 15 is 0 Å². The van der Waals surface area contributed by atoms with Crippen molar-refractivity contribution < 1.29 is 4.79 Å². The Morgan fingerprint density at radius 2 is 1.77 bits per heavy atom. The zero-order valence-corrected chi connectivity index (χ0v) is 15.4. The largest absolute Gasteiger partial charge is 0.351 e. The quantitative estimate of drug-likeness (QED) is 0.545. The van der Waals surface area contributed by atoms with Gasteiger partial charge in [-0.3, -0.25) is 9.36 Å². The molecule has 4 nitrogen and oxygen atoms in total. The van der Waals surface area contributed by atoms with Crippen LogP contribution in [0.1, 0.15) is 55.9 Å². The molecule has 0 aliphatic heterocycles. The molecule has 0 aliphatic carbocycles. The number of nitrogens with zero attached hydrogens (tertiary/aromatic N) is 2. The third-order valence-corrected chi connectivity index (χ3v) is 4.64. The summed E-state index contributed by atoms with van der Waals surface area (Å²) >= 11 is 0. The number of hydrogen-bond acceptors (Lipinski definition) is 2. The second-order valence-electron chi connectivity index (χ2n) is 6.64. The summed E-state index contributed by atoms with van der Waals surface area (Å²) < 4.78 is 1.94. The van der Waals surface area contributed by atoms with Crippen LogP contribution in [0.5, 0.6) is 0 Å². The minimum atomic E-state index is -0.0413. The lowest BCUT2D eigenvalue weighted by Crippen LogP contribution is -2.26. The highest BCUT2D eigenvalue weighted by molar-refractivity contribution is 5.99. The van der Waals surface area contributed by atoms with Crippen LogP contribution in [-0.2, 0) is 0 Å². The normalized spacial score (nSPS) is 11.0. The highest BCUT2D eigenvalue weighted by Crippen LogP contribution is 2.23. The van der Waals surface area contributed by atoms with Crippen LogP contribution in [-0.4, -0.2) is 22.0 Å². The van der Waals surface area contributed by atoms with Gasteiger partial charge in [0, 0.05) is 18.1 Å². The fourth-order valence-corrected chi connectivity index (χ4v) is 3.25. The number of para-hydroxylation sites is 1. The second-order valence-corrected chi connectivity index (χ2v) is 6.64. The van der Waals surface area contributed by atoms with Gasteiger partial charge in [0.2, 0.25) is 0 Å². The van der Waals surface area contributed by atoms with Crippen molar-refractivity contribution in [2.24, 2.45) is 0 Å². The van der Waals surface area contributed by atoms with Crippen molar-refractivity contribution in [1.29, 1.82) is 0 Å². The molecule has 1 aromatic carbocycles. The number of carbonyl (C=O) groups excluding carboxylic acids is 1. The van der Waals surface area contributed by atoms with E-state index in [9.17, 15) is 4.79 Å². The zero-order chi connectivity index (χ0) is 18.2. The first-order chi connectivity index (χ1) is 12.8. The Hall–Kier alpha value is -2.62. The predicted octanol–water partition coefficient (Wildman–Crippen LogP) is 5.12. The van der Waals surface area contributed by atoms with Crippen LogP contribution in [0.4, 0.5) is 0 Å². The molecule has 3 aromatic rings. The monoisotopic (exact) mass is 349 g/mol. The van der Waals surface area contributed by atoms with Gasteiger partial charge < -0.3 is 5.32 Å². The number of hydrogen-bond donors (Lipinski definition) is 1. The number of aromatic nitrogens is 2. The van der Waals surface area contributed by atoms with E-state index in [2.05, 4.69) is 17.2 Å². The summed E-state index contributed by atoms with van der Waals surface area (Å²) in [6.07, 6.45) is 9.05. The van der Waals surface area contributed by atoms with Gasteiger partial charge in [0.05, 0.1) is 5.52 Å². The van der Waals surface area contributed by atoms with Crippen molar-refractivity contribution in [3.05, 3.63) is 60.4 Å². The Labute approximate surface area is 155 Å². The first-order valence-electron chi connectivity index (χ1n) is 9.61. The molecule has 26 heavy (non-hydrogen) atoms. The molecule has 2 heterocycles. The van der Waals surface area contributed by atoms with Gasteiger partial charge in [0.1, 0.15) is 11.5 Å². The van der Waals surface area contributed by atoms with Crippen LogP contribution in [0.2, 0.25) is 0 Å². The first-order valence-corrected chi connectivity index (χ1v) is 9.61.